The molecule has 6 heteroatoms. The van der Waals surface area contributed by atoms with Crippen molar-refractivity contribution < 1.29 is 19.5 Å². The highest BCUT2D eigenvalue weighted by atomic mass is 16.4. The number of rotatable bonds is 8. The van der Waals surface area contributed by atoms with Gasteiger partial charge in [-0.25, -0.2) is 0 Å². The van der Waals surface area contributed by atoms with Gasteiger partial charge < -0.3 is 15.7 Å². The lowest BCUT2D eigenvalue weighted by Gasteiger charge is -2.20. The maximum atomic E-state index is 12.7. The molecule has 158 valence electrons. The Morgan fingerprint density at radius 3 is 1.90 bits per heavy atom. The molecule has 0 saturated heterocycles. The predicted octanol–water partition coefficient (Wildman–Crippen LogP) is 3.28. The maximum absolute atomic E-state index is 12.7. The number of nitrogens with one attached hydrogen (secondary N) is 2. The van der Waals surface area contributed by atoms with Crippen molar-refractivity contribution in [1.82, 2.24) is 10.6 Å². The average Bonchev–Trinajstić information content (AvgIpc) is 2.80. The van der Waals surface area contributed by atoms with Crippen LogP contribution in [0.2, 0.25) is 0 Å². The van der Waals surface area contributed by atoms with E-state index in [1.165, 1.54) is 6.92 Å². The molecule has 2 amide bonds. The van der Waals surface area contributed by atoms with Crippen molar-refractivity contribution in [3.05, 3.63) is 96.1 Å². The third kappa shape index (κ3) is 6.02. The van der Waals surface area contributed by atoms with Crippen molar-refractivity contribution >= 4 is 17.8 Å². The van der Waals surface area contributed by atoms with E-state index >= 15 is 0 Å². The second kappa shape index (κ2) is 10.2. The second-order valence-corrected chi connectivity index (χ2v) is 7.23. The molecular formula is C25H24N2O4. The molecule has 0 heterocycles. The van der Waals surface area contributed by atoms with Crippen LogP contribution in [0, 0.1) is 0 Å². The molecule has 0 unspecified atom stereocenters. The van der Waals surface area contributed by atoms with Crippen molar-refractivity contribution in [1.29, 1.82) is 0 Å². The Morgan fingerprint density at radius 1 is 0.774 bits per heavy atom. The quantitative estimate of drug-likeness (QED) is 0.525. The van der Waals surface area contributed by atoms with Crippen LogP contribution in [0.25, 0.3) is 11.1 Å². The van der Waals surface area contributed by atoms with Gasteiger partial charge in [0.15, 0.2) is 0 Å². The largest absolute Gasteiger partial charge is 0.480 e. The highest BCUT2D eigenvalue weighted by molar-refractivity contribution is 5.98. The number of carboxylic acid groups (broad SMARTS) is 1. The highest BCUT2D eigenvalue weighted by Crippen LogP contribution is 2.20. The van der Waals surface area contributed by atoms with Crippen molar-refractivity contribution in [2.75, 3.05) is 0 Å². The predicted molar refractivity (Wildman–Crippen MR) is 119 cm³/mol. The minimum Gasteiger partial charge on any atom is -0.480 e. The standard InChI is InChI=1S/C25H24N2O4/c1-17(25(30)31)26-24(29)22(27-23(28)21-10-6-3-7-11-21)16-18-12-14-20(15-13-18)19-8-4-2-5-9-19/h2-15,17,22H,16H2,1H3,(H,26,29)(H,27,28)(H,30,31)/t17-,22-/m0/s1. The fraction of sp³-hybridized carbons (Fsp3) is 0.160. The number of carbonyl (C=O) groups excluding carboxylic acids is 2. The Balaban J connectivity index is 1.77. The van der Waals surface area contributed by atoms with Gasteiger partial charge in [0.2, 0.25) is 5.91 Å². The lowest BCUT2D eigenvalue weighted by Crippen LogP contribution is -2.51. The zero-order valence-electron chi connectivity index (χ0n) is 17.1. The van der Waals surface area contributed by atoms with Gasteiger partial charge in [0, 0.05) is 12.0 Å². The zero-order chi connectivity index (χ0) is 22.2. The molecular weight excluding hydrogens is 392 g/mol. The second-order valence-electron chi connectivity index (χ2n) is 7.23. The first-order valence-electron chi connectivity index (χ1n) is 9.97. The first-order valence-corrected chi connectivity index (χ1v) is 9.97. The van der Waals surface area contributed by atoms with Crippen LogP contribution in [-0.4, -0.2) is 35.0 Å². The van der Waals surface area contributed by atoms with Gasteiger partial charge >= 0.3 is 5.97 Å². The summed E-state index contributed by atoms with van der Waals surface area (Å²) in [4.78, 5) is 36.5. The Kier molecular flexibility index (Phi) is 7.17. The molecule has 0 aromatic heterocycles. The fourth-order valence-corrected chi connectivity index (χ4v) is 3.12. The first-order chi connectivity index (χ1) is 14.9. The molecule has 0 radical (unpaired) electrons. The maximum Gasteiger partial charge on any atom is 0.325 e. The van der Waals surface area contributed by atoms with E-state index in [1.54, 1.807) is 30.3 Å². The molecule has 0 aliphatic rings. The highest BCUT2D eigenvalue weighted by Gasteiger charge is 2.25. The first kappa shape index (κ1) is 21.8. The van der Waals surface area contributed by atoms with Gasteiger partial charge in [-0.1, -0.05) is 72.8 Å². The van der Waals surface area contributed by atoms with Gasteiger partial charge in [0.1, 0.15) is 12.1 Å². The minimum atomic E-state index is -1.14. The molecule has 0 bridgehead atoms. The lowest BCUT2D eigenvalue weighted by atomic mass is 10.00. The molecule has 0 spiro atoms. The van der Waals surface area contributed by atoms with Crippen molar-refractivity contribution in [2.45, 2.75) is 25.4 Å². The zero-order valence-corrected chi connectivity index (χ0v) is 17.1. The van der Waals surface area contributed by atoms with E-state index in [0.717, 1.165) is 16.7 Å². The molecule has 6 nitrogen and oxygen atoms in total. The average molecular weight is 416 g/mol. The summed E-state index contributed by atoms with van der Waals surface area (Å²) in [6, 6.07) is 24.2. The molecule has 3 N–H and O–H groups in total. The lowest BCUT2D eigenvalue weighted by molar-refractivity contribution is -0.141. The van der Waals surface area contributed by atoms with Gasteiger partial charge in [-0.3, -0.25) is 14.4 Å². The van der Waals surface area contributed by atoms with Gasteiger partial charge in [-0.05, 0) is 35.7 Å². The number of benzene rings is 3. The van der Waals surface area contributed by atoms with E-state index in [1.807, 2.05) is 54.6 Å². The van der Waals surface area contributed by atoms with Crippen LogP contribution >= 0.6 is 0 Å². The van der Waals surface area contributed by atoms with Crippen LogP contribution in [0.5, 0.6) is 0 Å². The van der Waals surface area contributed by atoms with Gasteiger partial charge in [0.05, 0.1) is 0 Å². The van der Waals surface area contributed by atoms with Crippen molar-refractivity contribution in [2.24, 2.45) is 0 Å². The molecule has 0 aliphatic heterocycles. The number of aliphatic carboxylic acids is 1. The molecule has 3 aromatic rings. The number of carboxylic acids is 1. The van der Waals surface area contributed by atoms with Crippen LogP contribution < -0.4 is 10.6 Å². The summed E-state index contributed by atoms with van der Waals surface area (Å²) in [6.45, 7) is 1.38. The summed E-state index contributed by atoms with van der Waals surface area (Å²) in [5.41, 5.74) is 3.39. The molecule has 0 fully saturated rings. The van der Waals surface area contributed by atoms with E-state index < -0.39 is 29.9 Å². The fourth-order valence-electron chi connectivity index (χ4n) is 3.12. The molecule has 2 atom stereocenters. The monoisotopic (exact) mass is 416 g/mol. The van der Waals surface area contributed by atoms with Gasteiger partial charge in [0.25, 0.3) is 5.91 Å². The number of hydrogen-bond donors (Lipinski definition) is 3. The number of amides is 2. The van der Waals surface area contributed by atoms with E-state index in [4.69, 9.17) is 5.11 Å². The Hall–Kier alpha value is -3.93. The van der Waals surface area contributed by atoms with Crippen LogP contribution in [0.4, 0.5) is 0 Å². The van der Waals surface area contributed by atoms with Crippen LogP contribution in [-0.2, 0) is 16.0 Å². The van der Waals surface area contributed by atoms with Crippen LogP contribution in [0.15, 0.2) is 84.9 Å². The van der Waals surface area contributed by atoms with E-state index in [-0.39, 0.29) is 6.42 Å². The van der Waals surface area contributed by atoms with E-state index in [9.17, 15) is 14.4 Å². The van der Waals surface area contributed by atoms with E-state index in [0.29, 0.717) is 5.56 Å². The van der Waals surface area contributed by atoms with Gasteiger partial charge in [-0.2, -0.15) is 0 Å². The molecule has 3 aromatic carbocycles. The van der Waals surface area contributed by atoms with Crippen LogP contribution in [0.3, 0.4) is 0 Å². The smallest absolute Gasteiger partial charge is 0.325 e. The van der Waals surface area contributed by atoms with Gasteiger partial charge in [-0.15, -0.1) is 0 Å². The Morgan fingerprint density at radius 2 is 1.32 bits per heavy atom. The van der Waals surface area contributed by atoms with Crippen molar-refractivity contribution in [3.63, 3.8) is 0 Å². The number of hydrogen-bond acceptors (Lipinski definition) is 3. The molecule has 31 heavy (non-hydrogen) atoms. The third-order valence-corrected chi connectivity index (χ3v) is 4.89. The molecule has 0 saturated carbocycles. The number of carbonyl (C=O) groups is 3. The summed E-state index contributed by atoms with van der Waals surface area (Å²) in [6.07, 6.45) is 0.228. The van der Waals surface area contributed by atoms with Crippen LogP contribution in [0.1, 0.15) is 22.8 Å². The summed E-state index contributed by atoms with van der Waals surface area (Å²) >= 11 is 0. The Bertz CT molecular complexity index is 1030. The topological polar surface area (TPSA) is 95.5 Å². The third-order valence-electron chi connectivity index (χ3n) is 4.89. The summed E-state index contributed by atoms with van der Waals surface area (Å²) in [5, 5.41) is 14.3. The summed E-state index contributed by atoms with van der Waals surface area (Å²) in [5.74, 6) is -2.09. The normalized spacial score (nSPS) is 12.4. The summed E-state index contributed by atoms with van der Waals surface area (Å²) in [7, 11) is 0. The summed E-state index contributed by atoms with van der Waals surface area (Å²) < 4.78 is 0. The SMILES string of the molecule is C[C@H](NC(=O)[C@H](Cc1ccc(-c2ccccc2)cc1)NC(=O)c1ccccc1)C(=O)O. The minimum absolute atomic E-state index is 0.228. The molecule has 0 aliphatic carbocycles. The van der Waals surface area contributed by atoms with Crippen molar-refractivity contribution in [3.8, 4) is 11.1 Å². The molecule has 3 rings (SSSR count). The van der Waals surface area contributed by atoms with E-state index in [2.05, 4.69) is 10.6 Å². The Labute approximate surface area is 180 Å².